The molecule has 1 N–H and O–H groups in total. The molecule has 0 bridgehead atoms. The van der Waals surface area contributed by atoms with Gasteiger partial charge in [0.2, 0.25) is 0 Å². The van der Waals surface area contributed by atoms with E-state index in [1.807, 2.05) is 11.4 Å². The van der Waals surface area contributed by atoms with Crippen molar-refractivity contribution in [1.29, 1.82) is 5.26 Å². The monoisotopic (exact) mass is 391 g/mol. The van der Waals surface area contributed by atoms with Crippen molar-refractivity contribution in [1.82, 2.24) is 4.98 Å². The van der Waals surface area contributed by atoms with Crippen LogP contribution in [0.25, 0.3) is 6.08 Å². The number of nitrogens with one attached hydrogen (secondary N) is 1. The SMILES string of the molecule is COc1cccc(NC(=O)/C(C#N)=C/c2ccc(OCc3cscn3)cc2)c1. The number of anilines is 1. The summed E-state index contributed by atoms with van der Waals surface area (Å²) in [5.74, 6) is 0.817. The zero-order chi connectivity index (χ0) is 19.8. The molecule has 0 radical (unpaired) electrons. The molecule has 1 amide bonds. The molecule has 0 aliphatic carbocycles. The van der Waals surface area contributed by atoms with Gasteiger partial charge in [-0.25, -0.2) is 4.98 Å². The highest BCUT2D eigenvalue weighted by atomic mass is 32.1. The van der Waals surface area contributed by atoms with Gasteiger partial charge in [-0.05, 0) is 35.9 Å². The van der Waals surface area contributed by atoms with Crippen LogP contribution in [0.15, 0.2) is 65.0 Å². The van der Waals surface area contributed by atoms with Crippen LogP contribution in [0.4, 0.5) is 5.69 Å². The summed E-state index contributed by atoms with van der Waals surface area (Å²) in [7, 11) is 1.55. The molecule has 2 aromatic carbocycles. The van der Waals surface area contributed by atoms with Crippen molar-refractivity contribution in [2.24, 2.45) is 0 Å². The first-order valence-electron chi connectivity index (χ1n) is 8.35. The van der Waals surface area contributed by atoms with Crippen molar-refractivity contribution in [2.45, 2.75) is 6.61 Å². The molecule has 0 atom stereocenters. The summed E-state index contributed by atoms with van der Waals surface area (Å²) in [6, 6.07) is 16.0. The molecule has 140 valence electrons. The average molecular weight is 391 g/mol. The quantitative estimate of drug-likeness (QED) is 0.480. The number of benzene rings is 2. The lowest BCUT2D eigenvalue weighted by molar-refractivity contribution is -0.112. The van der Waals surface area contributed by atoms with E-state index in [-0.39, 0.29) is 5.57 Å². The van der Waals surface area contributed by atoms with E-state index in [1.54, 1.807) is 61.2 Å². The standard InChI is InChI=1S/C21H17N3O3S/c1-26-20-4-2-3-17(10-20)24-21(25)16(11-22)9-15-5-7-19(8-6-15)27-12-18-13-28-14-23-18/h2-10,13-14H,12H2,1H3,(H,24,25)/b16-9+. The molecule has 3 rings (SSSR count). The van der Waals surface area contributed by atoms with E-state index in [1.165, 1.54) is 17.4 Å². The first-order chi connectivity index (χ1) is 13.7. The smallest absolute Gasteiger partial charge is 0.266 e. The van der Waals surface area contributed by atoms with Gasteiger partial charge >= 0.3 is 0 Å². The van der Waals surface area contributed by atoms with Gasteiger partial charge in [0.15, 0.2) is 0 Å². The van der Waals surface area contributed by atoms with Crippen LogP contribution in [0.1, 0.15) is 11.3 Å². The van der Waals surface area contributed by atoms with Gasteiger partial charge < -0.3 is 14.8 Å². The van der Waals surface area contributed by atoms with Crippen molar-refractivity contribution in [3.63, 3.8) is 0 Å². The van der Waals surface area contributed by atoms with Crippen molar-refractivity contribution in [3.8, 4) is 17.6 Å². The second-order valence-electron chi connectivity index (χ2n) is 5.69. The Bertz CT molecular complexity index is 1010. The Hall–Kier alpha value is -3.63. The van der Waals surface area contributed by atoms with Gasteiger partial charge in [-0.1, -0.05) is 18.2 Å². The maximum atomic E-state index is 12.4. The molecule has 28 heavy (non-hydrogen) atoms. The highest BCUT2D eigenvalue weighted by molar-refractivity contribution is 7.07. The van der Waals surface area contributed by atoms with Crippen LogP contribution < -0.4 is 14.8 Å². The number of nitrogens with zero attached hydrogens (tertiary/aromatic N) is 2. The second-order valence-corrected chi connectivity index (χ2v) is 6.41. The number of hydrogen-bond acceptors (Lipinski definition) is 6. The van der Waals surface area contributed by atoms with E-state index in [0.29, 0.717) is 23.8 Å². The number of carbonyl (C=O) groups excluding carboxylic acids is 1. The predicted molar refractivity (Wildman–Crippen MR) is 108 cm³/mol. The van der Waals surface area contributed by atoms with Gasteiger partial charge in [0, 0.05) is 17.1 Å². The predicted octanol–water partition coefficient (Wildman–Crippen LogP) is 4.28. The number of nitriles is 1. The maximum Gasteiger partial charge on any atom is 0.266 e. The van der Waals surface area contributed by atoms with E-state index in [9.17, 15) is 10.1 Å². The lowest BCUT2D eigenvalue weighted by Gasteiger charge is -2.07. The van der Waals surface area contributed by atoms with Gasteiger partial charge in [0.1, 0.15) is 29.7 Å². The molecule has 0 aliphatic rings. The summed E-state index contributed by atoms with van der Waals surface area (Å²) in [6.07, 6.45) is 1.53. The summed E-state index contributed by atoms with van der Waals surface area (Å²) in [5, 5.41) is 14.0. The van der Waals surface area contributed by atoms with Crippen LogP contribution >= 0.6 is 11.3 Å². The fraction of sp³-hybridized carbons (Fsp3) is 0.0952. The summed E-state index contributed by atoms with van der Waals surface area (Å²) in [5.41, 5.74) is 3.90. The lowest BCUT2D eigenvalue weighted by Crippen LogP contribution is -2.13. The number of thiazole rings is 1. The lowest BCUT2D eigenvalue weighted by atomic mass is 10.1. The number of aromatic nitrogens is 1. The third kappa shape index (κ3) is 5.19. The Morgan fingerprint density at radius 2 is 2.07 bits per heavy atom. The third-order valence-electron chi connectivity index (χ3n) is 3.75. The third-order valence-corrected chi connectivity index (χ3v) is 4.39. The highest BCUT2D eigenvalue weighted by Crippen LogP contribution is 2.19. The van der Waals surface area contributed by atoms with Crippen molar-refractivity contribution >= 4 is 29.0 Å². The normalized spacial score (nSPS) is 10.8. The molecular weight excluding hydrogens is 374 g/mol. The van der Waals surface area contributed by atoms with Gasteiger partial charge in [-0.2, -0.15) is 5.26 Å². The number of hydrogen-bond donors (Lipinski definition) is 1. The fourth-order valence-corrected chi connectivity index (χ4v) is 2.88. The van der Waals surface area contributed by atoms with E-state index >= 15 is 0 Å². The molecular formula is C21H17N3O3S. The molecule has 1 aromatic heterocycles. The molecule has 0 unspecified atom stereocenters. The molecule has 0 saturated heterocycles. The van der Waals surface area contributed by atoms with E-state index in [0.717, 1.165) is 11.3 Å². The van der Waals surface area contributed by atoms with E-state index < -0.39 is 5.91 Å². The minimum Gasteiger partial charge on any atom is -0.497 e. The molecule has 0 fully saturated rings. The Labute approximate surface area is 166 Å². The van der Waals surface area contributed by atoms with Crippen LogP contribution in [0.2, 0.25) is 0 Å². The number of ether oxygens (including phenoxy) is 2. The Morgan fingerprint density at radius 1 is 1.25 bits per heavy atom. The largest absolute Gasteiger partial charge is 0.497 e. The number of methoxy groups -OCH3 is 1. The molecule has 1 heterocycles. The topological polar surface area (TPSA) is 84.2 Å². The zero-order valence-electron chi connectivity index (χ0n) is 15.1. The Morgan fingerprint density at radius 3 is 2.75 bits per heavy atom. The van der Waals surface area contributed by atoms with Crippen LogP contribution in [0, 0.1) is 11.3 Å². The summed E-state index contributed by atoms with van der Waals surface area (Å²) < 4.78 is 10.8. The summed E-state index contributed by atoms with van der Waals surface area (Å²) >= 11 is 1.52. The molecule has 3 aromatic rings. The van der Waals surface area contributed by atoms with Crippen LogP contribution in [-0.4, -0.2) is 18.0 Å². The first-order valence-corrected chi connectivity index (χ1v) is 9.29. The first kappa shape index (κ1) is 19.1. The maximum absolute atomic E-state index is 12.4. The number of rotatable bonds is 7. The summed E-state index contributed by atoms with van der Waals surface area (Å²) in [4.78, 5) is 16.5. The zero-order valence-corrected chi connectivity index (χ0v) is 15.9. The van der Waals surface area contributed by atoms with Gasteiger partial charge in [0.25, 0.3) is 5.91 Å². The van der Waals surface area contributed by atoms with Crippen molar-refractivity contribution < 1.29 is 14.3 Å². The highest BCUT2D eigenvalue weighted by Gasteiger charge is 2.10. The minimum atomic E-state index is -0.486. The second kappa shape index (κ2) is 9.35. The minimum absolute atomic E-state index is 0.000962. The summed E-state index contributed by atoms with van der Waals surface area (Å²) in [6.45, 7) is 0.394. The van der Waals surface area contributed by atoms with Crippen LogP contribution in [0.5, 0.6) is 11.5 Å². The van der Waals surface area contributed by atoms with Gasteiger partial charge in [0.05, 0.1) is 18.3 Å². The van der Waals surface area contributed by atoms with Gasteiger partial charge in [-0.15, -0.1) is 11.3 Å². The van der Waals surface area contributed by atoms with Crippen LogP contribution in [0.3, 0.4) is 0 Å². The van der Waals surface area contributed by atoms with E-state index in [2.05, 4.69) is 10.3 Å². The van der Waals surface area contributed by atoms with Gasteiger partial charge in [-0.3, -0.25) is 4.79 Å². The van der Waals surface area contributed by atoms with Crippen molar-refractivity contribution in [3.05, 3.63) is 76.3 Å². The Balaban J connectivity index is 1.65. The molecule has 7 heteroatoms. The van der Waals surface area contributed by atoms with Crippen LogP contribution in [-0.2, 0) is 11.4 Å². The number of carbonyl (C=O) groups is 1. The fourth-order valence-electron chi connectivity index (χ4n) is 2.34. The Kier molecular flexibility index (Phi) is 6.39. The average Bonchev–Trinajstić information content (AvgIpc) is 3.25. The molecule has 0 saturated carbocycles. The molecule has 0 spiro atoms. The van der Waals surface area contributed by atoms with Crippen molar-refractivity contribution in [2.75, 3.05) is 12.4 Å². The van der Waals surface area contributed by atoms with E-state index in [4.69, 9.17) is 9.47 Å². The molecule has 0 aliphatic heterocycles. The number of amides is 1. The molecule has 6 nitrogen and oxygen atoms in total.